The van der Waals surface area contributed by atoms with Gasteiger partial charge in [-0.25, -0.2) is 0 Å². The lowest BCUT2D eigenvalue weighted by molar-refractivity contribution is 0.188. The lowest BCUT2D eigenvalue weighted by Crippen LogP contribution is -2.39. The Morgan fingerprint density at radius 3 is 2.53 bits per heavy atom. The zero-order chi connectivity index (χ0) is 13.8. The topological polar surface area (TPSA) is 29.3 Å². The molecule has 1 saturated carbocycles. The zero-order valence-corrected chi connectivity index (χ0v) is 12.7. The molecule has 0 aliphatic heterocycles. The van der Waals surface area contributed by atoms with E-state index in [1.165, 1.54) is 25.7 Å². The molecule has 3 heteroatoms. The molecule has 2 rings (SSSR count). The second kappa shape index (κ2) is 6.74. The first kappa shape index (κ1) is 14.8. The van der Waals surface area contributed by atoms with Crippen molar-refractivity contribution in [1.29, 1.82) is 0 Å². The maximum Gasteiger partial charge on any atom is 0.0508 e. The van der Waals surface area contributed by atoms with E-state index in [9.17, 15) is 0 Å². The van der Waals surface area contributed by atoms with E-state index in [0.29, 0.717) is 0 Å². The van der Waals surface area contributed by atoms with Gasteiger partial charge < -0.3 is 5.73 Å². The van der Waals surface area contributed by atoms with Gasteiger partial charge in [-0.15, -0.1) is 0 Å². The van der Waals surface area contributed by atoms with Crippen LogP contribution in [-0.2, 0) is 0 Å². The van der Waals surface area contributed by atoms with Gasteiger partial charge in [-0.1, -0.05) is 42.6 Å². The summed E-state index contributed by atoms with van der Waals surface area (Å²) in [7, 11) is 2.18. The first-order valence-electron chi connectivity index (χ1n) is 7.30. The summed E-state index contributed by atoms with van der Waals surface area (Å²) in [6, 6.07) is 8.35. The van der Waals surface area contributed by atoms with Crippen LogP contribution in [0.1, 0.15) is 44.2 Å². The number of hydrogen-bond acceptors (Lipinski definition) is 2. The molecular formula is C16H25ClN2. The summed E-state index contributed by atoms with van der Waals surface area (Å²) in [6.07, 6.45) is 5.48. The summed E-state index contributed by atoms with van der Waals surface area (Å²) in [5, 5.41) is 0.822. The van der Waals surface area contributed by atoms with Crippen molar-refractivity contribution in [1.82, 2.24) is 4.90 Å². The number of rotatable bonds is 5. The fourth-order valence-electron chi connectivity index (χ4n) is 3.35. The van der Waals surface area contributed by atoms with Gasteiger partial charge >= 0.3 is 0 Å². The van der Waals surface area contributed by atoms with Crippen molar-refractivity contribution in [2.45, 2.75) is 44.7 Å². The fourth-order valence-corrected chi connectivity index (χ4v) is 3.60. The van der Waals surface area contributed by atoms with E-state index < -0.39 is 0 Å². The second-order valence-corrected chi connectivity index (χ2v) is 6.32. The summed E-state index contributed by atoms with van der Waals surface area (Å²) in [6.45, 7) is 3.19. The molecule has 0 radical (unpaired) electrons. The van der Waals surface area contributed by atoms with Gasteiger partial charge in [0, 0.05) is 17.6 Å². The molecular weight excluding hydrogens is 256 g/mol. The maximum atomic E-state index is 6.34. The molecule has 0 spiro atoms. The van der Waals surface area contributed by atoms with Crippen molar-refractivity contribution in [3.8, 4) is 0 Å². The van der Waals surface area contributed by atoms with Gasteiger partial charge in [0.25, 0.3) is 0 Å². The first-order valence-corrected chi connectivity index (χ1v) is 7.67. The number of likely N-dealkylation sites (N-methyl/N-ethyl adjacent to an activating group) is 1. The standard InChI is InChI=1S/C16H25ClN2/c1-12(18)16(14-9-5-6-10-15(14)17)19(2)11-13-7-3-4-8-13/h5-6,9-10,12-13,16H,3-4,7-8,11,18H2,1-2H3. The minimum Gasteiger partial charge on any atom is -0.326 e. The summed E-state index contributed by atoms with van der Waals surface area (Å²) < 4.78 is 0. The Morgan fingerprint density at radius 1 is 1.32 bits per heavy atom. The van der Waals surface area contributed by atoms with E-state index in [1.807, 2.05) is 18.2 Å². The third kappa shape index (κ3) is 3.71. The van der Waals surface area contributed by atoms with Crippen LogP contribution in [0.15, 0.2) is 24.3 Å². The summed E-state index contributed by atoms with van der Waals surface area (Å²) in [5.41, 5.74) is 7.36. The van der Waals surface area contributed by atoms with Crippen molar-refractivity contribution < 1.29 is 0 Å². The molecule has 0 amide bonds. The lowest BCUT2D eigenvalue weighted by atomic mass is 9.97. The predicted octanol–water partition coefficient (Wildman–Crippen LogP) is 3.85. The summed E-state index contributed by atoms with van der Waals surface area (Å²) >= 11 is 6.34. The minimum absolute atomic E-state index is 0.0753. The van der Waals surface area contributed by atoms with E-state index in [2.05, 4.69) is 24.9 Å². The van der Waals surface area contributed by atoms with Crippen molar-refractivity contribution in [2.75, 3.05) is 13.6 Å². The number of benzene rings is 1. The number of nitrogens with two attached hydrogens (primary N) is 1. The van der Waals surface area contributed by atoms with Crippen LogP contribution in [-0.4, -0.2) is 24.5 Å². The van der Waals surface area contributed by atoms with E-state index in [0.717, 1.165) is 23.0 Å². The number of halogens is 1. The van der Waals surface area contributed by atoms with E-state index in [1.54, 1.807) is 0 Å². The Kier molecular flexibility index (Phi) is 5.26. The quantitative estimate of drug-likeness (QED) is 0.888. The van der Waals surface area contributed by atoms with Crippen LogP contribution in [0, 0.1) is 5.92 Å². The summed E-state index contributed by atoms with van der Waals surface area (Å²) in [5.74, 6) is 0.828. The molecule has 1 aliphatic rings. The molecule has 1 aliphatic carbocycles. The molecule has 0 aromatic heterocycles. The van der Waals surface area contributed by atoms with E-state index in [4.69, 9.17) is 17.3 Å². The van der Waals surface area contributed by atoms with Crippen LogP contribution in [0.4, 0.5) is 0 Å². The Hall–Kier alpha value is -0.570. The van der Waals surface area contributed by atoms with Gasteiger partial charge in [-0.05, 0) is 44.4 Å². The lowest BCUT2D eigenvalue weighted by Gasteiger charge is -2.33. The van der Waals surface area contributed by atoms with Crippen molar-refractivity contribution >= 4 is 11.6 Å². The minimum atomic E-state index is 0.0753. The third-order valence-corrected chi connectivity index (χ3v) is 4.56. The highest BCUT2D eigenvalue weighted by atomic mass is 35.5. The van der Waals surface area contributed by atoms with Crippen LogP contribution in [0.3, 0.4) is 0 Å². The molecule has 2 N–H and O–H groups in total. The Bertz CT molecular complexity index is 399. The molecule has 106 valence electrons. The molecule has 0 heterocycles. The molecule has 0 saturated heterocycles. The molecule has 2 unspecified atom stereocenters. The van der Waals surface area contributed by atoms with Crippen LogP contribution in [0.2, 0.25) is 5.02 Å². The van der Waals surface area contributed by atoms with Crippen LogP contribution in [0.25, 0.3) is 0 Å². The highest BCUT2D eigenvalue weighted by Crippen LogP contribution is 2.32. The first-order chi connectivity index (χ1) is 9.09. The van der Waals surface area contributed by atoms with Gasteiger partial charge in [-0.2, -0.15) is 0 Å². The van der Waals surface area contributed by atoms with Crippen LogP contribution >= 0.6 is 11.6 Å². The van der Waals surface area contributed by atoms with Gasteiger partial charge in [0.1, 0.15) is 0 Å². The molecule has 2 nitrogen and oxygen atoms in total. The van der Waals surface area contributed by atoms with Crippen molar-refractivity contribution in [2.24, 2.45) is 11.7 Å². The van der Waals surface area contributed by atoms with Gasteiger partial charge in [-0.3, -0.25) is 4.90 Å². The SMILES string of the molecule is CC(N)C(c1ccccc1Cl)N(C)CC1CCCC1. The largest absolute Gasteiger partial charge is 0.326 e. The van der Waals surface area contributed by atoms with Gasteiger partial charge in [0.2, 0.25) is 0 Å². The molecule has 1 fully saturated rings. The molecule has 19 heavy (non-hydrogen) atoms. The van der Waals surface area contributed by atoms with Crippen LogP contribution < -0.4 is 5.73 Å². The fraction of sp³-hybridized carbons (Fsp3) is 0.625. The normalized spacial score (nSPS) is 19.8. The molecule has 1 aromatic carbocycles. The number of hydrogen-bond donors (Lipinski definition) is 1. The molecule has 2 atom stereocenters. The highest BCUT2D eigenvalue weighted by molar-refractivity contribution is 6.31. The molecule has 1 aromatic rings. The second-order valence-electron chi connectivity index (χ2n) is 5.92. The van der Waals surface area contributed by atoms with Crippen molar-refractivity contribution in [3.63, 3.8) is 0 Å². The van der Waals surface area contributed by atoms with Gasteiger partial charge in [0.15, 0.2) is 0 Å². The number of nitrogens with zero attached hydrogens (tertiary/aromatic N) is 1. The monoisotopic (exact) mass is 280 g/mol. The maximum absolute atomic E-state index is 6.34. The highest BCUT2D eigenvalue weighted by Gasteiger charge is 2.26. The van der Waals surface area contributed by atoms with Crippen LogP contribution in [0.5, 0.6) is 0 Å². The van der Waals surface area contributed by atoms with E-state index in [-0.39, 0.29) is 12.1 Å². The van der Waals surface area contributed by atoms with Gasteiger partial charge in [0.05, 0.1) is 6.04 Å². The Balaban J connectivity index is 2.13. The molecule has 0 bridgehead atoms. The average Bonchev–Trinajstić information content (AvgIpc) is 2.84. The smallest absolute Gasteiger partial charge is 0.0508 e. The van der Waals surface area contributed by atoms with Crippen molar-refractivity contribution in [3.05, 3.63) is 34.9 Å². The van der Waals surface area contributed by atoms with E-state index >= 15 is 0 Å². The zero-order valence-electron chi connectivity index (χ0n) is 12.0. The third-order valence-electron chi connectivity index (χ3n) is 4.22. The Labute approximate surface area is 121 Å². The average molecular weight is 281 g/mol. The summed E-state index contributed by atoms with van der Waals surface area (Å²) in [4.78, 5) is 2.39. The predicted molar refractivity (Wildman–Crippen MR) is 82.4 cm³/mol. The Morgan fingerprint density at radius 2 is 1.95 bits per heavy atom.